The van der Waals surface area contributed by atoms with Gasteiger partial charge in [-0.2, -0.15) is 0 Å². The minimum atomic E-state index is -0.127. The first kappa shape index (κ1) is 26.1. The molecule has 2 amide bonds. The van der Waals surface area contributed by atoms with Crippen LogP contribution in [0.25, 0.3) is 17.0 Å². The van der Waals surface area contributed by atoms with Crippen LogP contribution in [-0.4, -0.2) is 84.5 Å². The molecule has 0 spiro atoms. The summed E-state index contributed by atoms with van der Waals surface area (Å²) in [5.74, 6) is 1.19. The lowest BCUT2D eigenvalue weighted by Gasteiger charge is -2.27. The Morgan fingerprint density at radius 1 is 1.16 bits per heavy atom. The number of anilines is 1. The monoisotopic (exact) mass is 517 g/mol. The van der Waals surface area contributed by atoms with Gasteiger partial charge in [-0.15, -0.1) is 0 Å². The van der Waals surface area contributed by atoms with Gasteiger partial charge >= 0.3 is 0 Å². The Morgan fingerprint density at radius 3 is 2.76 bits per heavy atom. The van der Waals surface area contributed by atoms with Gasteiger partial charge in [0.15, 0.2) is 0 Å². The smallest absolute Gasteiger partial charge is 0.246 e. The molecule has 1 aromatic carbocycles. The van der Waals surface area contributed by atoms with Crippen LogP contribution in [0.4, 0.5) is 5.82 Å². The SMILES string of the molecule is Cc1c(CN(C)C(=O)/C=C/c2cnc3c(c2)CN(CCCN2CCOCC2)CC(=O)N3)oc2ccccc12. The predicted octanol–water partition coefficient (Wildman–Crippen LogP) is 3.28. The van der Waals surface area contributed by atoms with Gasteiger partial charge < -0.3 is 19.4 Å². The number of nitrogens with one attached hydrogen (secondary N) is 1. The molecule has 1 saturated heterocycles. The lowest BCUT2D eigenvalue weighted by Crippen LogP contribution is -2.38. The molecule has 2 aliphatic heterocycles. The Morgan fingerprint density at radius 2 is 1.95 bits per heavy atom. The number of hydrogen-bond donors (Lipinski definition) is 1. The highest BCUT2D eigenvalue weighted by atomic mass is 16.5. The number of morpholine rings is 1. The van der Waals surface area contributed by atoms with Crippen molar-refractivity contribution in [3.05, 3.63) is 65.1 Å². The molecule has 2 aromatic heterocycles. The Labute approximate surface area is 223 Å². The van der Waals surface area contributed by atoms with Crippen molar-refractivity contribution in [3.63, 3.8) is 0 Å². The number of aryl methyl sites for hydroxylation is 1. The summed E-state index contributed by atoms with van der Waals surface area (Å²) < 4.78 is 11.4. The van der Waals surface area contributed by atoms with Crippen LogP contribution in [0.5, 0.6) is 0 Å². The molecule has 0 atom stereocenters. The number of ether oxygens (including phenoxy) is 1. The molecule has 38 heavy (non-hydrogen) atoms. The van der Waals surface area contributed by atoms with Crippen molar-refractivity contribution in [1.82, 2.24) is 19.7 Å². The van der Waals surface area contributed by atoms with Crippen LogP contribution in [0.1, 0.15) is 28.9 Å². The van der Waals surface area contributed by atoms with Crippen molar-refractivity contribution in [1.29, 1.82) is 0 Å². The van der Waals surface area contributed by atoms with Crippen molar-refractivity contribution in [3.8, 4) is 0 Å². The fourth-order valence-electron chi connectivity index (χ4n) is 4.99. The van der Waals surface area contributed by atoms with E-state index >= 15 is 0 Å². The number of furan rings is 1. The third kappa shape index (κ3) is 6.30. The molecule has 9 heteroatoms. The minimum absolute atomic E-state index is 0.0522. The van der Waals surface area contributed by atoms with Crippen molar-refractivity contribution in [2.45, 2.75) is 26.4 Å². The van der Waals surface area contributed by atoms with Gasteiger partial charge in [-0.25, -0.2) is 4.98 Å². The molecule has 5 rings (SSSR count). The van der Waals surface area contributed by atoms with Gasteiger partial charge in [0.05, 0.1) is 26.3 Å². The lowest BCUT2D eigenvalue weighted by atomic mass is 10.1. The summed E-state index contributed by atoms with van der Waals surface area (Å²) in [6.07, 6.45) is 5.99. The number of hydrogen-bond acceptors (Lipinski definition) is 7. The summed E-state index contributed by atoms with van der Waals surface area (Å²) >= 11 is 0. The van der Waals surface area contributed by atoms with Gasteiger partial charge in [0, 0.05) is 62.0 Å². The fourth-order valence-corrected chi connectivity index (χ4v) is 4.99. The molecule has 3 aromatic rings. The highest BCUT2D eigenvalue weighted by Crippen LogP contribution is 2.26. The van der Waals surface area contributed by atoms with Crippen LogP contribution in [-0.2, 0) is 27.4 Å². The normalized spacial score (nSPS) is 16.9. The zero-order valence-electron chi connectivity index (χ0n) is 22.1. The van der Waals surface area contributed by atoms with Crippen LogP contribution < -0.4 is 5.32 Å². The van der Waals surface area contributed by atoms with Gasteiger partial charge in [0.1, 0.15) is 17.2 Å². The Kier molecular flexibility index (Phi) is 8.17. The van der Waals surface area contributed by atoms with E-state index < -0.39 is 0 Å². The van der Waals surface area contributed by atoms with E-state index in [4.69, 9.17) is 9.15 Å². The molecule has 1 fully saturated rings. The Balaban J connectivity index is 1.20. The second-order valence-corrected chi connectivity index (χ2v) is 10.0. The van der Waals surface area contributed by atoms with E-state index in [1.54, 1.807) is 30.3 Å². The second kappa shape index (κ2) is 11.9. The summed E-state index contributed by atoms with van der Waals surface area (Å²) in [6, 6.07) is 9.88. The quantitative estimate of drug-likeness (QED) is 0.459. The van der Waals surface area contributed by atoms with E-state index in [2.05, 4.69) is 20.1 Å². The molecule has 4 heterocycles. The number of benzene rings is 1. The topological polar surface area (TPSA) is 91.2 Å². The number of amides is 2. The summed E-state index contributed by atoms with van der Waals surface area (Å²) in [7, 11) is 1.76. The highest BCUT2D eigenvalue weighted by molar-refractivity contribution is 5.93. The largest absolute Gasteiger partial charge is 0.459 e. The summed E-state index contributed by atoms with van der Waals surface area (Å²) in [4.78, 5) is 35.9. The number of aromatic nitrogens is 1. The average molecular weight is 518 g/mol. The van der Waals surface area contributed by atoms with Gasteiger partial charge in [0.25, 0.3) is 0 Å². The minimum Gasteiger partial charge on any atom is -0.459 e. The third-order valence-electron chi connectivity index (χ3n) is 7.18. The van der Waals surface area contributed by atoms with Crippen LogP contribution in [0.15, 0.2) is 47.0 Å². The van der Waals surface area contributed by atoms with Crippen LogP contribution >= 0.6 is 0 Å². The second-order valence-electron chi connectivity index (χ2n) is 10.0. The molecule has 0 radical (unpaired) electrons. The molecule has 200 valence electrons. The zero-order valence-corrected chi connectivity index (χ0v) is 22.1. The molecular formula is C29H35N5O4. The van der Waals surface area contributed by atoms with E-state index in [1.165, 1.54) is 0 Å². The van der Waals surface area contributed by atoms with Crippen molar-refractivity contribution < 1.29 is 18.7 Å². The standard InChI is InChI=1S/C29H35N5O4/c1-21-24-6-3-4-7-25(24)38-26(21)19-32(2)28(36)9-8-22-16-23-18-34(20-27(35)31-29(23)30-17-22)11-5-10-33-12-14-37-15-13-33/h3-4,6-9,16-17H,5,10-15,18-20H2,1-2H3,(H,30,31,35)/b9-8+. The van der Waals surface area contributed by atoms with E-state index in [0.717, 1.165) is 79.2 Å². The molecule has 2 aliphatic rings. The molecule has 0 unspecified atom stereocenters. The maximum Gasteiger partial charge on any atom is 0.246 e. The number of carbonyl (C=O) groups is 2. The number of pyridine rings is 1. The Bertz CT molecular complexity index is 1330. The highest BCUT2D eigenvalue weighted by Gasteiger charge is 2.21. The fraction of sp³-hybridized carbons (Fsp3) is 0.414. The average Bonchev–Trinajstić information content (AvgIpc) is 3.13. The van der Waals surface area contributed by atoms with Crippen LogP contribution in [0.3, 0.4) is 0 Å². The molecule has 0 bridgehead atoms. The van der Waals surface area contributed by atoms with Crippen molar-refractivity contribution >= 4 is 34.7 Å². The van der Waals surface area contributed by atoms with Crippen LogP contribution in [0.2, 0.25) is 0 Å². The van der Waals surface area contributed by atoms with Gasteiger partial charge in [-0.1, -0.05) is 18.2 Å². The molecular weight excluding hydrogens is 482 g/mol. The summed E-state index contributed by atoms with van der Waals surface area (Å²) in [6.45, 7) is 8.72. The number of likely N-dealkylation sites (N-methyl/N-ethyl adjacent to an activating group) is 1. The molecule has 0 saturated carbocycles. The lowest BCUT2D eigenvalue weighted by molar-refractivity contribution is -0.125. The van der Waals surface area contributed by atoms with E-state index in [-0.39, 0.29) is 11.8 Å². The first-order chi connectivity index (χ1) is 18.5. The number of carbonyl (C=O) groups excluding carboxylic acids is 2. The first-order valence-corrected chi connectivity index (χ1v) is 13.2. The molecule has 1 N–H and O–H groups in total. The van der Waals surface area contributed by atoms with Gasteiger partial charge in [0.2, 0.25) is 11.8 Å². The molecule has 0 aliphatic carbocycles. The number of nitrogens with zero attached hydrogens (tertiary/aromatic N) is 4. The number of para-hydroxylation sites is 1. The predicted molar refractivity (Wildman–Crippen MR) is 146 cm³/mol. The van der Waals surface area contributed by atoms with Crippen molar-refractivity contribution in [2.24, 2.45) is 0 Å². The van der Waals surface area contributed by atoms with Crippen LogP contribution in [0, 0.1) is 6.92 Å². The third-order valence-corrected chi connectivity index (χ3v) is 7.18. The van der Waals surface area contributed by atoms with E-state index in [9.17, 15) is 9.59 Å². The summed E-state index contributed by atoms with van der Waals surface area (Å²) in [5, 5.41) is 3.98. The van der Waals surface area contributed by atoms with Gasteiger partial charge in [-0.3, -0.25) is 19.4 Å². The number of rotatable bonds is 8. The molecule has 9 nitrogen and oxygen atoms in total. The maximum atomic E-state index is 12.8. The van der Waals surface area contributed by atoms with E-state index in [0.29, 0.717) is 25.5 Å². The van der Waals surface area contributed by atoms with Gasteiger partial charge in [-0.05, 0) is 43.7 Å². The first-order valence-electron chi connectivity index (χ1n) is 13.2. The van der Waals surface area contributed by atoms with E-state index in [1.807, 2.05) is 37.3 Å². The Hall–Kier alpha value is -3.53. The van der Waals surface area contributed by atoms with Crippen molar-refractivity contribution in [2.75, 3.05) is 58.3 Å². The maximum absolute atomic E-state index is 12.8. The number of fused-ring (bicyclic) bond motifs is 2. The summed E-state index contributed by atoms with van der Waals surface area (Å²) in [5.41, 5.74) is 3.64. The zero-order chi connectivity index (χ0) is 26.5.